The molecule has 1 aromatic heterocycles. The third-order valence-corrected chi connectivity index (χ3v) is 7.95. The maximum atomic E-state index is 12.6. The minimum Gasteiger partial charge on any atom is -0.369 e. The van der Waals surface area contributed by atoms with Gasteiger partial charge in [0.05, 0.1) is 10.6 Å². The number of piperazine rings is 1. The van der Waals surface area contributed by atoms with Crippen molar-refractivity contribution in [1.82, 2.24) is 19.6 Å². The molecule has 3 aromatic rings. The number of nitrogens with one attached hydrogen (secondary N) is 2. The van der Waals surface area contributed by atoms with Crippen molar-refractivity contribution in [3.63, 3.8) is 0 Å². The molecule has 36 heavy (non-hydrogen) atoms. The summed E-state index contributed by atoms with van der Waals surface area (Å²) in [7, 11) is -1.40. The summed E-state index contributed by atoms with van der Waals surface area (Å²) in [5.41, 5.74) is 4.96. The van der Waals surface area contributed by atoms with Gasteiger partial charge in [-0.3, -0.25) is 0 Å². The van der Waals surface area contributed by atoms with Crippen LogP contribution in [-0.2, 0) is 22.9 Å². The smallest absolute Gasteiger partial charge is 0.240 e. The van der Waals surface area contributed by atoms with Crippen LogP contribution in [0.2, 0.25) is 0 Å². The molecular formula is C27H36N6O2S. The number of sulfonamides is 1. The minimum absolute atomic E-state index is 0.170. The molecule has 1 fully saturated rings. The van der Waals surface area contributed by atoms with Gasteiger partial charge in [0.15, 0.2) is 0 Å². The Morgan fingerprint density at radius 2 is 1.75 bits per heavy atom. The lowest BCUT2D eigenvalue weighted by molar-refractivity contribution is 0.313. The number of nitrogens with zero attached hydrogens (tertiary/aromatic N) is 4. The molecule has 9 heteroatoms. The highest BCUT2D eigenvalue weighted by Crippen LogP contribution is 2.22. The maximum Gasteiger partial charge on any atom is 0.240 e. The zero-order valence-electron chi connectivity index (χ0n) is 21.5. The topological polar surface area (TPSA) is 90.5 Å². The Morgan fingerprint density at radius 3 is 2.42 bits per heavy atom. The number of hydrogen-bond acceptors (Lipinski definition) is 7. The van der Waals surface area contributed by atoms with E-state index in [4.69, 9.17) is 4.98 Å². The van der Waals surface area contributed by atoms with Gasteiger partial charge in [-0.2, -0.15) is 0 Å². The van der Waals surface area contributed by atoms with Crippen LogP contribution in [0.15, 0.2) is 59.6 Å². The normalized spacial score (nSPS) is 14.9. The molecule has 2 heterocycles. The molecule has 0 saturated carbocycles. The Labute approximate surface area is 214 Å². The zero-order valence-corrected chi connectivity index (χ0v) is 22.3. The second-order valence-corrected chi connectivity index (χ2v) is 11.3. The van der Waals surface area contributed by atoms with E-state index < -0.39 is 10.0 Å². The lowest BCUT2D eigenvalue weighted by Gasteiger charge is -2.34. The van der Waals surface area contributed by atoms with Crippen LogP contribution in [0, 0.1) is 0 Å². The Kier molecular flexibility index (Phi) is 8.23. The summed E-state index contributed by atoms with van der Waals surface area (Å²) in [5.74, 6) is 0.528. The van der Waals surface area contributed by atoms with Gasteiger partial charge >= 0.3 is 0 Å². The summed E-state index contributed by atoms with van der Waals surface area (Å²) in [4.78, 5) is 14.3. The van der Waals surface area contributed by atoms with E-state index in [0.717, 1.165) is 55.1 Å². The van der Waals surface area contributed by atoms with Crippen LogP contribution in [0.25, 0.3) is 0 Å². The minimum atomic E-state index is -3.55. The molecule has 0 amide bonds. The lowest BCUT2D eigenvalue weighted by atomic mass is 10.1. The molecule has 2 aromatic carbocycles. The van der Waals surface area contributed by atoms with E-state index >= 15 is 0 Å². The van der Waals surface area contributed by atoms with E-state index in [2.05, 4.69) is 63.1 Å². The summed E-state index contributed by atoms with van der Waals surface area (Å²) in [6.45, 7) is 9.90. The first-order valence-corrected chi connectivity index (χ1v) is 14.0. The number of rotatable bonds is 9. The number of anilines is 3. The van der Waals surface area contributed by atoms with Crippen molar-refractivity contribution in [2.45, 2.75) is 44.6 Å². The van der Waals surface area contributed by atoms with Crippen LogP contribution in [0.4, 0.5) is 17.3 Å². The van der Waals surface area contributed by atoms with E-state index in [9.17, 15) is 8.42 Å². The first-order chi connectivity index (χ1) is 17.2. The SMILES string of the molecule is CCc1cnc(Nc2ccc(N3CCN(C)CC3)cc2)nc1Cc1cccc(S(=O)(=O)NC(C)C)c1. The van der Waals surface area contributed by atoms with Gasteiger partial charge in [0.25, 0.3) is 0 Å². The highest BCUT2D eigenvalue weighted by atomic mass is 32.2. The average Bonchev–Trinajstić information content (AvgIpc) is 2.85. The lowest BCUT2D eigenvalue weighted by Crippen LogP contribution is -2.44. The number of likely N-dealkylation sites (N-methyl/N-ethyl adjacent to an activating group) is 1. The molecular weight excluding hydrogens is 472 g/mol. The summed E-state index contributed by atoms with van der Waals surface area (Å²) < 4.78 is 27.9. The van der Waals surface area contributed by atoms with E-state index in [-0.39, 0.29) is 10.9 Å². The van der Waals surface area contributed by atoms with Gasteiger partial charge in [-0.1, -0.05) is 19.1 Å². The maximum absolute atomic E-state index is 12.6. The first kappa shape index (κ1) is 26.1. The summed E-state index contributed by atoms with van der Waals surface area (Å²) >= 11 is 0. The van der Waals surface area contributed by atoms with Crippen molar-refractivity contribution in [1.29, 1.82) is 0 Å². The van der Waals surface area contributed by atoms with Gasteiger partial charge in [-0.25, -0.2) is 23.1 Å². The van der Waals surface area contributed by atoms with Crippen LogP contribution in [0.3, 0.4) is 0 Å². The molecule has 192 valence electrons. The number of hydrogen-bond donors (Lipinski definition) is 2. The summed E-state index contributed by atoms with van der Waals surface area (Å²) in [6, 6.07) is 15.2. The van der Waals surface area contributed by atoms with Gasteiger partial charge in [0, 0.05) is 56.2 Å². The van der Waals surface area contributed by atoms with Crippen LogP contribution < -0.4 is 14.9 Å². The largest absolute Gasteiger partial charge is 0.369 e. The zero-order chi connectivity index (χ0) is 25.7. The number of aromatic nitrogens is 2. The quantitative estimate of drug-likeness (QED) is 0.454. The molecule has 1 aliphatic heterocycles. The monoisotopic (exact) mass is 508 g/mol. The Balaban J connectivity index is 1.49. The third kappa shape index (κ3) is 6.60. The number of aryl methyl sites for hydroxylation is 1. The third-order valence-electron chi connectivity index (χ3n) is 6.30. The second kappa shape index (κ2) is 11.4. The molecule has 1 saturated heterocycles. The van der Waals surface area contributed by atoms with Gasteiger partial charge < -0.3 is 15.1 Å². The standard InChI is InChI=1S/C27H36N6O2S/c1-5-22-19-28-27(29-23-9-11-24(12-10-23)33-15-13-32(4)14-16-33)30-26(22)18-21-7-6-8-25(17-21)36(34,35)31-20(2)3/h6-12,17,19-20,31H,5,13-16,18H2,1-4H3,(H,28,29,30). The van der Waals surface area contributed by atoms with E-state index in [1.807, 2.05) is 26.1 Å². The van der Waals surface area contributed by atoms with Crippen molar-refractivity contribution in [2.24, 2.45) is 0 Å². The fraction of sp³-hybridized carbons (Fsp3) is 0.407. The van der Waals surface area contributed by atoms with Gasteiger partial charge in [-0.05, 0) is 74.8 Å². The Bertz CT molecular complexity index is 1270. The molecule has 0 unspecified atom stereocenters. The highest BCUT2D eigenvalue weighted by Gasteiger charge is 2.17. The van der Waals surface area contributed by atoms with Crippen molar-refractivity contribution in [3.8, 4) is 0 Å². The number of benzene rings is 2. The van der Waals surface area contributed by atoms with Crippen LogP contribution in [0.5, 0.6) is 0 Å². The Hall–Kier alpha value is -3.01. The van der Waals surface area contributed by atoms with E-state index in [1.54, 1.807) is 18.2 Å². The van der Waals surface area contributed by atoms with Gasteiger partial charge in [0.2, 0.25) is 16.0 Å². The fourth-order valence-electron chi connectivity index (χ4n) is 4.29. The van der Waals surface area contributed by atoms with Crippen molar-refractivity contribution in [2.75, 3.05) is 43.4 Å². The first-order valence-electron chi connectivity index (χ1n) is 12.5. The van der Waals surface area contributed by atoms with Crippen molar-refractivity contribution in [3.05, 3.63) is 71.5 Å². The fourth-order valence-corrected chi connectivity index (χ4v) is 5.62. The molecule has 0 spiro atoms. The molecule has 4 rings (SSSR count). The van der Waals surface area contributed by atoms with Crippen molar-refractivity contribution < 1.29 is 8.42 Å². The molecule has 0 radical (unpaired) electrons. The van der Waals surface area contributed by atoms with Gasteiger partial charge in [-0.15, -0.1) is 0 Å². The van der Waals surface area contributed by atoms with Crippen LogP contribution >= 0.6 is 0 Å². The van der Waals surface area contributed by atoms with Crippen molar-refractivity contribution >= 4 is 27.3 Å². The molecule has 0 bridgehead atoms. The summed E-state index contributed by atoms with van der Waals surface area (Å²) in [6.07, 6.45) is 3.17. The molecule has 1 aliphatic rings. The predicted octanol–water partition coefficient (Wildman–Crippen LogP) is 3.81. The van der Waals surface area contributed by atoms with E-state index in [0.29, 0.717) is 12.4 Å². The molecule has 0 aliphatic carbocycles. The highest BCUT2D eigenvalue weighted by molar-refractivity contribution is 7.89. The second-order valence-electron chi connectivity index (χ2n) is 9.58. The molecule has 2 N–H and O–H groups in total. The van der Waals surface area contributed by atoms with Crippen LogP contribution in [-0.4, -0.2) is 62.6 Å². The average molecular weight is 509 g/mol. The predicted molar refractivity (Wildman–Crippen MR) is 146 cm³/mol. The Morgan fingerprint density at radius 1 is 1.03 bits per heavy atom. The molecule has 8 nitrogen and oxygen atoms in total. The summed E-state index contributed by atoms with van der Waals surface area (Å²) in [5, 5.41) is 3.32. The molecule has 0 atom stereocenters. The van der Waals surface area contributed by atoms with Crippen LogP contribution in [0.1, 0.15) is 37.6 Å². The van der Waals surface area contributed by atoms with E-state index in [1.165, 1.54) is 5.69 Å². The van der Waals surface area contributed by atoms with Gasteiger partial charge in [0.1, 0.15) is 0 Å².